The van der Waals surface area contributed by atoms with E-state index in [9.17, 15) is 244 Å². The number of alkyl halides is 36. The first kappa shape index (κ1) is 142. The van der Waals surface area contributed by atoms with E-state index in [1.165, 1.54) is 48.5 Å². The summed E-state index contributed by atoms with van der Waals surface area (Å²) in [5.41, 5.74) is -0.819. The van der Waals surface area contributed by atoms with Crippen LogP contribution in [-0.4, -0.2) is 178 Å². The molecule has 0 heterocycles. The summed E-state index contributed by atoms with van der Waals surface area (Å²) in [6, 6.07) is 0. The maximum absolute atomic E-state index is 12.3. The van der Waals surface area contributed by atoms with E-state index in [1.807, 2.05) is 0 Å². The molecule has 0 bridgehead atoms. The topological polar surface area (TPSA) is 307 Å². The molecule has 0 spiro atoms. The van der Waals surface area contributed by atoms with Gasteiger partial charge in [0, 0.05) is 53.3 Å². The zero-order valence-corrected chi connectivity index (χ0v) is 74.0. The lowest BCUT2D eigenvalue weighted by molar-refractivity contribution is -0.178. The summed E-state index contributed by atoms with van der Waals surface area (Å²) in [4.78, 5) is 194. The van der Waals surface area contributed by atoms with Gasteiger partial charge in [0.1, 0.15) is 69.4 Å². The molecule has 0 aromatic heterocycles. The molecular formula is C79H104F36O18. The standard InChI is InChI=1S/C13H15F9O2.C13H18F6O2.C10H15F3O2.2C9H13F3O2.C8H11F3O2.C7H9F3O2.2C5H5F3O2/c1-2-7(4-11(14,15)16)9(23)3-10(24)8(5-12(17,18)19)6-13(20,21)22;1-3-8(6-12(14,15)16)10(20)5-11(21)9(4-2)7-13(17,18)19;1-4-9(3,5-2)7(14)6-8(15)10(11,12)13;1-3-7(5-9(10,11)12)8(14)4-6(2)13;1-3-6(4-2)7(13)5-8(14)9(10,11)12;1-5(2)3-6(12)4-7(13)8(9,10)11;1-4(2)5(11)3-6(12)7(8,9)10;2*1-3(9)2-4(10)5(6,7)8/h7-8H,2-6H2,1H3;8-9H,3-7H2,1-2H3;4-6H2,1-3H3;7H,3-5H2,1-2H3;6H,3-5H2,1-2H3;5H,3-4H2,1-2H3;4H,3H2,1-2H3;2*2H2,1H3. The van der Waals surface area contributed by atoms with Gasteiger partial charge in [-0.1, -0.05) is 90.0 Å². The van der Waals surface area contributed by atoms with Gasteiger partial charge in [0.2, 0.25) is 34.7 Å². The molecule has 0 fully saturated rings. The Morgan fingerprint density at radius 3 is 0.571 bits per heavy atom. The number of rotatable bonds is 42. The van der Waals surface area contributed by atoms with Crippen LogP contribution in [0.5, 0.6) is 0 Å². The Morgan fingerprint density at radius 1 is 0.211 bits per heavy atom. The van der Waals surface area contributed by atoms with Crippen LogP contribution in [0.15, 0.2) is 0 Å². The molecule has 4 unspecified atom stereocenters. The van der Waals surface area contributed by atoms with E-state index in [0.29, 0.717) is 25.7 Å². The molecule has 780 valence electrons. The Balaban J connectivity index is -0.000000188. The second-order valence-electron chi connectivity index (χ2n) is 30.0. The first-order valence-electron chi connectivity index (χ1n) is 39.1. The van der Waals surface area contributed by atoms with Crippen molar-refractivity contribution in [2.45, 2.75) is 339 Å². The Hall–Kier alpha value is -8.46. The second-order valence-corrected chi connectivity index (χ2v) is 30.0. The third-order valence-corrected chi connectivity index (χ3v) is 17.3. The zero-order valence-electron chi connectivity index (χ0n) is 74.0. The van der Waals surface area contributed by atoms with Crippen molar-refractivity contribution in [2.75, 3.05) is 0 Å². The van der Waals surface area contributed by atoms with Crippen LogP contribution in [0.3, 0.4) is 0 Å². The molecule has 0 aromatic rings. The highest BCUT2D eigenvalue weighted by atomic mass is 19.5. The minimum atomic E-state index is -5.08. The Kier molecular flexibility index (Phi) is 67.5. The van der Waals surface area contributed by atoms with Crippen LogP contribution in [0.4, 0.5) is 158 Å². The van der Waals surface area contributed by atoms with Crippen LogP contribution in [0, 0.1) is 52.8 Å². The van der Waals surface area contributed by atoms with Crippen LogP contribution in [0.25, 0.3) is 0 Å². The summed E-state index contributed by atoms with van der Waals surface area (Å²) < 4.78 is 428. The van der Waals surface area contributed by atoms with Crippen LogP contribution in [0.2, 0.25) is 0 Å². The van der Waals surface area contributed by atoms with Crippen molar-refractivity contribution in [3.8, 4) is 0 Å². The fourth-order valence-electron chi connectivity index (χ4n) is 9.40. The van der Waals surface area contributed by atoms with Gasteiger partial charge in [0.15, 0.2) is 0 Å². The molecule has 0 saturated heterocycles. The number of hydrogen-bond donors (Lipinski definition) is 0. The molecule has 133 heavy (non-hydrogen) atoms. The first-order valence-corrected chi connectivity index (χ1v) is 39.1. The van der Waals surface area contributed by atoms with Crippen molar-refractivity contribution in [3.63, 3.8) is 0 Å². The minimum Gasteiger partial charge on any atom is -0.300 e. The Morgan fingerprint density at radius 2 is 0.391 bits per heavy atom. The molecule has 54 heteroatoms. The quantitative estimate of drug-likeness (QED) is 0.0405. The maximum atomic E-state index is 12.3. The van der Waals surface area contributed by atoms with E-state index in [4.69, 9.17) is 0 Å². The molecule has 0 rings (SSSR count). The molecule has 0 amide bonds. The lowest BCUT2D eigenvalue weighted by Crippen LogP contribution is -2.33. The van der Waals surface area contributed by atoms with Crippen LogP contribution < -0.4 is 0 Å². The van der Waals surface area contributed by atoms with E-state index in [2.05, 4.69) is 0 Å². The monoisotopic (exact) mass is 2020 g/mol. The minimum absolute atomic E-state index is 0.0157. The van der Waals surface area contributed by atoms with Crippen LogP contribution in [-0.2, 0) is 86.3 Å². The number of carbonyl (C=O) groups excluding carboxylic acids is 18. The number of carbonyl (C=O) groups is 18. The lowest BCUT2D eigenvalue weighted by Gasteiger charge is -2.24. The summed E-state index contributed by atoms with van der Waals surface area (Å²) in [7, 11) is 0. The van der Waals surface area contributed by atoms with E-state index in [1.54, 1.807) is 48.5 Å². The van der Waals surface area contributed by atoms with E-state index >= 15 is 0 Å². The third-order valence-electron chi connectivity index (χ3n) is 17.3. The smallest absolute Gasteiger partial charge is 0.300 e. The predicted octanol–water partition coefficient (Wildman–Crippen LogP) is 23.5. The SMILES string of the molecule is CC(=O)CC(=O)C(F)(F)F.CC(=O)CC(=O)C(F)(F)F.CC(C)C(=O)CC(=O)C(F)(F)F.CC(C)CC(=O)CC(=O)C(F)(F)F.CCC(C)(CC)C(=O)CC(=O)C(F)(F)F.CCC(CC(F)(F)F)C(=O)CC(=O)C(CC(F)(F)F)CC(F)(F)F.CCC(CC(F)(F)F)C(=O)CC(=O)C(CC)CC(F)(F)F.CCC(CC(F)(F)F)C(=O)CC(C)=O.CCC(CC)C(=O)CC(=O)C(F)(F)F. The molecule has 0 saturated carbocycles. The highest BCUT2D eigenvalue weighted by Crippen LogP contribution is 2.38. The van der Waals surface area contributed by atoms with Gasteiger partial charge < -0.3 is 0 Å². The van der Waals surface area contributed by atoms with Gasteiger partial charge in [0.05, 0.1) is 96.3 Å². The van der Waals surface area contributed by atoms with E-state index < -0.39 is 321 Å². The molecule has 0 aliphatic carbocycles. The molecule has 0 radical (unpaired) electrons. The summed E-state index contributed by atoms with van der Waals surface area (Å²) >= 11 is 0. The molecule has 0 aliphatic heterocycles. The van der Waals surface area contributed by atoms with Crippen molar-refractivity contribution in [1.29, 1.82) is 0 Å². The maximum Gasteiger partial charge on any atom is 0.450 e. The third kappa shape index (κ3) is 81.6. The number of Topliss-reactive ketones (excluding diaryl/α,β-unsaturated/α-hetero) is 18. The highest BCUT2D eigenvalue weighted by Gasteiger charge is 2.48. The van der Waals surface area contributed by atoms with Gasteiger partial charge in [-0.15, -0.1) is 0 Å². The molecule has 4 atom stereocenters. The molecule has 0 aliphatic rings. The average Bonchev–Trinajstić information content (AvgIpc) is 0.847. The number of hydrogen-bond acceptors (Lipinski definition) is 18. The molecule has 18 nitrogen and oxygen atoms in total. The van der Waals surface area contributed by atoms with E-state index in [0.717, 1.165) is 13.8 Å². The van der Waals surface area contributed by atoms with Crippen molar-refractivity contribution in [3.05, 3.63) is 0 Å². The van der Waals surface area contributed by atoms with E-state index in [-0.39, 0.29) is 38.0 Å². The fourth-order valence-corrected chi connectivity index (χ4v) is 9.40. The van der Waals surface area contributed by atoms with Crippen molar-refractivity contribution in [1.82, 2.24) is 0 Å². The largest absolute Gasteiger partial charge is 0.450 e. The Labute approximate surface area is 738 Å². The summed E-state index contributed by atoms with van der Waals surface area (Å²) in [5, 5.41) is 0. The second kappa shape index (κ2) is 63.0. The van der Waals surface area contributed by atoms with Gasteiger partial charge in [-0.05, 0) is 78.1 Å². The van der Waals surface area contributed by atoms with Crippen LogP contribution in [0.1, 0.15) is 265 Å². The van der Waals surface area contributed by atoms with Crippen LogP contribution >= 0.6 is 0 Å². The van der Waals surface area contributed by atoms with Gasteiger partial charge in [0.25, 0.3) is 0 Å². The lowest BCUT2D eigenvalue weighted by atomic mass is 9.78. The van der Waals surface area contributed by atoms with Gasteiger partial charge in [-0.2, -0.15) is 158 Å². The first-order chi connectivity index (χ1) is 58.8. The zero-order chi connectivity index (χ0) is 108. The molecule has 0 N–H and O–H groups in total. The molecule has 0 aromatic carbocycles. The summed E-state index contributed by atoms with van der Waals surface area (Å²) in [6.45, 7) is 23.3. The number of halogens is 36. The van der Waals surface area contributed by atoms with Crippen molar-refractivity contribution >= 4 is 104 Å². The Bertz CT molecular complexity index is 3570. The fraction of sp³-hybridized carbons (Fsp3) is 0.772. The molecular weight excluding hydrogens is 1920 g/mol. The van der Waals surface area contributed by atoms with Gasteiger partial charge in [-0.3, -0.25) is 86.3 Å². The van der Waals surface area contributed by atoms with Crippen molar-refractivity contribution < 1.29 is 244 Å². The predicted molar refractivity (Wildman–Crippen MR) is 395 cm³/mol. The van der Waals surface area contributed by atoms with Crippen molar-refractivity contribution in [2.24, 2.45) is 52.8 Å². The average molecular weight is 2030 g/mol. The highest BCUT2D eigenvalue weighted by molar-refractivity contribution is 6.06. The van der Waals surface area contributed by atoms with Gasteiger partial charge in [-0.25, -0.2) is 0 Å². The summed E-state index contributed by atoms with van der Waals surface area (Å²) in [5.74, 6) is -30.8. The number of ketones is 18. The summed E-state index contributed by atoms with van der Waals surface area (Å²) in [6.07, 6.45) is -74.7. The normalized spacial score (nSPS) is 13.2. The van der Waals surface area contributed by atoms with Gasteiger partial charge >= 0.3 is 74.1 Å².